The van der Waals surface area contributed by atoms with Crippen LogP contribution in [0, 0.1) is 0 Å². The van der Waals surface area contributed by atoms with Crippen molar-refractivity contribution in [1.82, 2.24) is 15.6 Å². The van der Waals surface area contributed by atoms with Crippen LogP contribution in [-0.4, -0.2) is 57.7 Å². The van der Waals surface area contributed by atoms with Crippen LogP contribution in [0.5, 0.6) is 0 Å². The summed E-state index contributed by atoms with van der Waals surface area (Å²) in [6, 6.07) is 21.5. The molecule has 0 bridgehead atoms. The van der Waals surface area contributed by atoms with Crippen LogP contribution in [0.4, 0.5) is 19.0 Å². The Labute approximate surface area is 252 Å². The Morgan fingerprint density at radius 2 is 1.48 bits per heavy atom. The Morgan fingerprint density at radius 1 is 0.864 bits per heavy atom. The molecule has 0 fully saturated rings. The van der Waals surface area contributed by atoms with Crippen LogP contribution < -0.4 is 16.0 Å². The Bertz CT molecular complexity index is 1340. The SMILES string of the molecule is CCC[C@H](NC(=O)CCCNc1ccccn1)C(=O)NC(CC(=O)O)c1ccc(-c2ccccc2)cc1.O=C(O)C(F)(F)F. The first kappa shape index (κ1) is 35.3. The number of benzene rings is 2. The number of halogens is 3. The van der Waals surface area contributed by atoms with Crippen LogP contribution in [0.2, 0.25) is 0 Å². The van der Waals surface area contributed by atoms with Gasteiger partial charge in [-0.05, 0) is 41.7 Å². The molecule has 0 saturated carbocycles. The first-order valence-corrected chi connectivity index (χ1v) is 13.8. The van der Waals surface area contributed by atoms with E-state index in [2.05, 4.69) is 20.9 Å². The van der Waals surface area contributed by atoms with E-state index < -0.39 is 30.2 Å². The van der Waals surface area contributed by atoms with Crippen LogP contribution >= 0.6 is 0 Å². The molecule has 1 unspecified atom stereocenters. The third kappa shape index (κ3) is 12.9. The number of carbonyl (C=O) groups excluding carboxylic acids is 2. The summed E-state index contributed by atoms with van der Waals surface area (Å²) in [5.41, 5.74) is 2.74. The standard InChI is InChI=1S/C29H34N4O4.C2HF3O2/c1-2-9-24(32-27(34)13-8-19-31-26-12-6-7-18-30-26)29(37)33-25(20-28(35)36)23-16-14-22(15-17-23)21-10-4-3-5-11-21;3-2(4,5)1(6)7/h3-7,10-12,14-18,24-25H,2,8-9,13,19-20H2,1H3,(H,30,31)(H,32,34)(H,33,37)(H,35,36);(H,6,7)/t24-,25?;/m0./s1. The molecule has 44 heavy (non-hydrogen) atoms. The highest BCUT2D eigenvalue weighted by Gasteiger charge is 2.38. The van der Waals surface area contributed by atoms with Gasteiger partial charge >= 0.3 is 18.1 Å². The van der Waals surface area contributed by atoms with Gasteiger partial charge in [-0.15, -0.1) is 0 Å². The lowest BCUT2D eigenvalue weighted by Gasteiger charge is -2.23. The topological polar surface area (TPSA) is 158 Å². The summed E-state index contributed by atoms with van der Waals surface area (Å²) < 4.78 is 31.7. The molecular weight excluding hydrogens is 581 g/mol. The molecule has 0 spiro atoms. The largest absolute Gasteiger partial charge is 0.490 e. The summed E-state index contributed by atoms with van der Waals surface area (Å²) in [7, 11) is 0. The Hall–Kier alpha value is -4.94. The number of amides is 2. The number of rotatable bonds is 14. The number of anilines is 1. The molecule has 236 valence electrons. The number of pyridine rings is 1. The van der Waals surface area contributed by atoms with Crippen LogP contribution in [0.1, 0.15) is 50.6 Å². The van der Waals surface area contributed by atoms with E-state index in [4.69, 9.17) is 9.90 Å². The quantitative estimate of drug-likeness (QED) is 0.155. The van der Waals surface area contributed by atoms with E-state index in [9.17, 15) is 32.7 Å². The number of aromatic nitrogens is 1. The van der Waals surface area contributed by atoms with Gasteiger partial charge < -0.3 is 26.2 Å². The zero-order chi connectivity index (χ0) is 32.5. The van der Waals surface area contributed by atoms with Gasteiger partial charge in [0, 0.05) is 19.2 Å². The van der Waals surface area contributed by atoms with Crippen LogP contribution in [0.3, 0.4) is 0 Å². The number of nitrogens with one attached hydrogen (secondary N) is 3. The number of carboxylic acids is 2. The minimum Gasteiger partial charge on any atom is -0.481 e. The molecule has 2 aromatic carbocycles. The second kappa shape index (κ2) is 17.9. The normalized spacial score (nSPS) is 12.1. The highest BCUT2D eigenvalue weighted by molar-refractivity contribution is 5.88. The van der Waals surface area contributed by atoms with E-state index in [1.807, 2.05) is 79.7 Å². The van der Waals surface area contributed by atoms with Gasteiger partial charge in [0.05, 0.1) is 12.5 Å². The molecule has 2 amide bonds. The molecular formula is C31H35F3N4O6. The molecule has 3 aromatic rings. The molecule has 2 atom stereocenters. The Balaban J connectivity index is 0.000000860. The van der Waals surface area contributed by atoms with Crippen molar-refractivity contribution < 1.29 is 42.6 Å². The number of aliphatic carboxylic acids is 2. The van der Waals surface area contributed by atoms with Crippen LogP contribution in [0.25, 0.3) is 11.1 Å². The van der Waals surface area contributed by atoms with E-state index in [0.717, 1.165) is 16.9 Å². The van der Waals surface area contributed by atoms with Crippen molar-refractivity contribution >= 4 is 29.6 Å². The molecule has 0 radical (unpaired) electrons. The van der Waals surface area contributed by atoms with Gasteiger partial charge in [0.15, 0.2) is 0 Å². The number of alkyl halides is 3. The van der Waals surface area contributed by atoms with Crippen molar-refractivity contribution in [3.63, 3.8) is 0 Å². The zero-order valence-corrected chi connectivity index (χ0v) is 24.0. The summed E-state index contributed by atoms with van der Waals surface area (Å²) in [6.07, 6.45) is -1.67. The maximum absolute atomic E-state index is 13.1. The summed E-state index contributed by atoms with van der Waals surface area (Å²) in [5, 5.41) is 25.4. The number of hydrogen-bond donors (Lipinski definition) is 5. The van der Waals surface area contributed by atoms with Gasteiger partial charge in [-0.1, -0.05) is 74.0 Å². The van der Waals surface area contributed by atoms with Gasteiger partial charge in [0.2, 0.25) is 11.8 Å². The van der Waals surface area contributed by atoms with Gasteiger partial charge in [0.1, 0.15) is 11.9 Å². The molecule has 0 saturated heterocycles. The molecule has 0 aliphatic rings. The predicted molar refractivity (Wildman–Crippen MR) is 158 cm³/mol. The van der Waals surface area contributed by atoms with Gasteiger partial charge in [-0.3, -0.25) is 14.4 Å². The highest BCUT2D eigenvalue weighted by atomic mass is 19.4. The maximum Gasteiger partial charge on any atom is 0.490 e. The monoisotopic (exact) mass is 616 g/mol. The predicted octanol–water partition coefficient (Wildman–Crippen LogP) is 5.19. The van der Waals surface area contributed by atoms with Crippen LogP contribution in [0.15, 0.2) is 79.0 Å². The fourth-order valence-corrected chi connectivity index (χ4v) is 3.99. The minimum atomic E-state index is -5.08. The third-order valence-corrected chi connectivity index (χ3v) is 6.14. The van der Waals surface area contributed by atoms with Crippen molar-refractivity contribution in [3.8, 4) is 11.1 Å². The van der Waals surface area contributed by atoms with Crippen molar-refractivity contribution in [2.45, 2.75) is 57.3 Å². The first-order valence-electron chi connectivity index (χ1n) is 13.8. The second-order valence-electron chi connectivity index (χ2n) is 9.60. The van der Waals surface area contributed by atoms with E-state index in [0.29, 0.717) is 31.4 Å². The van der Waals surface area contributed by atoms with E-state index >= 15 is 0 Å². The number of hydrogen-bond acceptors (Lipinski definition) is 6. The fraction of sp³-hybridized carbons (Fsp3) is 0.323. The Kier molecular flexibility index (Phi) is 14.3. The lowest BCUT2D eigenvalue weighted by molar-refractivity contribution is -0.192. The van der Waals surface area contributed by atoms with Gasteiger partial charge in [0.25, 0.3) is 0 Å². The number of carbonyl (C=O) groups is 4. The maximum atomic E-state index is 13.1. The second-order valence-corrected chi connectivity index (χ2v) is 9.60. The average molecular weight is 617 g/mol. The van der Waals surface area contributed by atoms with Crippen molar-refractivity contribution in [2.24, 2.45) is 0 Å². The number of carboxylic acid groups (broad SMARTS) is 2. The molecule has 1 heterocycles. The molecule has 1 aromatic heterocycles. The average Bonchev–Trinajstić information content (AvgIpc) is 2.99. The molecule has 0 aliphatic heterocycles. The molecule has 3 rings (SSSR count). The lowest BCUT2D eigenvalue weighted by atomic mass is 9.98. The van der Waals surface area contributed by atoms with Gasteiger partial charge in [-0.2, -0.15) is 13.2 Å². The Morgan fingerprint density at radius 3 is 2.02 bits per heavy atom. The van der Waals surface area contributed by atoms with Crippen molar-refractivity contribution in [1.29, 1.82) is 0 Å². The highest BCUT2D eigenvalue weighted by Crippen LogP contribution is 2.24. The van der Waals surface area contributed by atoms with E-state index in [1.54, 1.807) is 6.20 Å². The number of nitrogens with zero attached hydrogens (tertiary/aromatic N) is 1. The summed E-state index contributed by atoms with van der Waals surface area (Å²) in [6.45, 7) is 2.51. The summed E-state index contributed by atoms with van der Waals surface area (Å²) in [5.74, 6) is -3.65. The smallest absolute Gasteiger partial charge is 0.481 e. The van der Waals surface area contributed by atoms with E-state index in [-0.39, 0.29) is 24.7 Å². The van der Waals surface area contributed by atoms with Crippen molar-refractivity contribution in [2.75, 3.05) is 11.9 Å². The third-order valence-electron chi connectivity index (χ3n) is 6.14. The fourth-order valence-electron chi connectivity index (χ4n) is 3.99. The zero-order valence-electron chi connectivity index (χ0n) is 24.0. The lowest BCUT2D eigenvalue weighted by Crippen LogP contribution is -2.47. The summed E-state index contributed by atoms with van der Waals surface area (Å²) >= 11 is 0. The van der Waals surface area contributed by atoms with Gasteiger partial charge in [-0.25, -0.2) is 9.78 Å². The minimum absolute atomic E-state index is 0.224. The molecule has 0 aliphatic carbocycles. The molecule has 13 heteroatoms. The van der Waals surface area contributed by atoms with Crippen molar-refractivity contribution in [3.05, 3.63) is 84.6 Å². The van der Waals surface area contributed by atoms with Crippen LogP contribution in [-0.2, 0) is 19.2 Å². The molecule has 10 nitrogen and oxygen atoms in total. The summed E-state index contributed by atoms with van der Waals surface area (Å²) in [4.78, 5) is 50.2. The van der Waals surface area contributed by atoms with E-state index in [1.165, 1.54) is 0 Å². The molecule has 5 N–H and O–H groups in total. The first-order chi connectivity index (χ1) is 20.9.